The van der Waals surface area contributed by atoms with Gasteiger partial charge in [0.05, 0.1) is 17.6 Å². The van der Waals surface area contributed by atoms with Crippen LogP contribution in [0.2, 0.25) is 5.02 Å². The van der Waals surface area contributed by atoms with Crippen LogP contribution in [0.5, 0.6) is 0 Å². The molecule has 0 fully saturated rings. The number of anilines is 1. The lowest BCUT2D eigenvalue weighted by molar-refractivity contribution is 1.34. The Morgan fingerprint density at radius 2 is 1.74 bits per heavy atom. The highest BCUT2D eigenvalue weighted by atomic mass is 35.5. The Kier molecular flexibility index (Phi) is 5.32. The molecule has 2 aromatic carbocycles. The molecular weight excluding hydrogens is 298 g/mol. The predicted molar refractivity (Wildman–Crippen MR) is 86.2 cm³/mol. The molecule has 0 aliphatic heterocycles. The molecule has 0 saturated heterocycles. The Morgan fingerprint density at radius 3 is 2.42 bits per heavy atom. The number of nitrogens with zero attached hydrogens (tertiary/aromatic N) is 2. The predicted octanol–water partition coefficient (Wildman–Crippen LogP) is 5.47. The first-order valence-electron chi connectivity index (χ1n) is 5.44. The van der Waals surface area contributed by atoms with Gasteiger partial charge in [0, 0.05) is 10.7 Å². The summed E-state index contributed by atoms with van der Waals surface area (Å²) in [5.41, 5.74) is 1.67. The van der Waals surface area contributed by atoms with E-state index >= 15 is 0 Å². The van der Waals surface area contributed by atoms with E-state index in [2.05, 4.69) is 15.0 Å². The summed E-state index contributed by atoms with van der Waals surface area (Å²) in [5.74, 6) is 0. The summed E-state index contributed by atoms with van der Waals surface area (Å²) in [7, 11) is 0. The van der Waals surface area contributed by atoms with Crippen LogP contribution in [0.1, 0.15) is 0 Å². The van der Waals surface area contributed by atoms with E-state index in [9.17, 15) is 0 Å². The van der Waals surface area contributed by atoms with Crippen molar-refractivity contribution >= 4 is 51.5 Å². The maximum absolute atomic E-state index is 5.78. The summed E-state index contributed by atoms with van der Waals surface area (Å²) >= 11 is 12.0. The first-order chi connectivity index (χ1) is 9.24. The quantitative estimate of drug-likeness (QED) is 0.464. The summed E-state index contributed by atoms with van der Waals surface area (Å²) in [6.45, 7) is 0. The van der Waals surface area contributed by atoms with E-state index in [1.165, 1.54) is 0 Å². The Morgan fingerprint density at radius 1 is 1.05 bits per heavy atom. The van der Waals surface area contributed by atoms with Crippen molar-refractivity contribution in [1.29, 1.82) is 0 Å². The van der Waals surface area contributed by atoms with Crippen LogP contribution in [-0.2, 0) is 0 Å². The van der Waals surface area contributed by atoms with Gasteiger partial charge < -0.3 is 5.32 Å². The number of nitrogens with one attached hydrogen (secondary N) is 1. The van der Waals surface area contributed by atoms with Gasteiger partial charge in [-0.2, -0.15) is 0 Å². The zero-order valence-electron chi connectivity index (χ0n) is 9.79. The maximum Gasteiger partial charge on any atom is 0.162 e. The second kappa shape index (κ2) is 7.23. The largest absolute Gasteiger partial charge is 0.340 e. The van der Waals surface area contributed by atoms with E-state index in [0.717, 1.165) is 23.3 Å². The number of benzene rings is 2. The SMILES string of the molecule is S=C(Nc1ccccc1)SN=Nc1ccc(Cl)cc1. The third-order valence-corrected chi connectivity index (χ3v) is 3.14. The topological polar surface area (TPSA) is 36.8 Å². The van der Waals surface area contributed by atoms with Crippen molar-refractivity contribution < 1.29 is 0 Å². The molecule has 0 amide bonds. The molecule has 19 heavy (non-hydrogen) atoms. The molecule has 96 valence electrons. The van der Waals surface area contributed by atoms with Crippen molar-refractivity contribution in [3.8, 4) is 0 Å². The molecule has 0 radical (unpaired) electrons. The van der Waals surface area contributed by atoms with E-state index in [-0.39, 0.29) is 0 Å². The van der Waals surface area contributed by atoms with E-state index in [4.69, 9.17) is 23.8 Å². The zero-order valence-corrected chi connectivity index (χ0v) is 12.2. The van der Waals surface area contributed by atoms with Crippen LogP contribution in [0, 0.1) is 0 Å². The number of hydrogen-bond donors (Lipinski definition) is 1. The number of thiocarbonyl (C=S) groups is 1. The first-order valence-corrected chi connectivity index (χ1v) is 7.00. The van der Waals surface area contributed by atoms with E-state index in [1.807, 2.05) is 30.3 Å². The fourth-order valence-corrected chi connectivity index (χ4v) is 1.99. The molecule has 0 aliphatic rings. The highest BCUT2D eigenvalue weighted by Gasteiger charge is 1.97. The molecule has 0 spiro atoms. The molecule has 0 atom stereocenters. The summed E-state index contributed by atoms with van der Waals surface area (Å²) in [5, 5.41) is 7.76. The van der Waals surface area contributed by atoms with Crippen molar-refractivity contribution in [2.45, 2.75) is 0 Å². The monoisotopic (exact) mass is 307 g/mol. The third-order valence-electron chi connectivity index (χ3n) is 2.13. The average Bonchev–Trinajstić information content (AvgIpc) is 2.42. The van der Waals surface area contributed by atoms with E-state index in [0.29, 0.717) is 9.34 Å². The van der Waals surface area contributed by atoms with Gasteiger partial charge in [0.15, 0.2) is 4.32 Å². The van der Waals surface area contributed by atoms with Crippen LogP contribution < -0.4 is 5.32 Å². The Balaban J connectivity index is 1.85. The molecule has 0 unspecified atom stereocenters. The Labute approximate surface area is 126 Å². The van der Waals surface area contributed by atoms with Gasteiger partial charge in [-0.05, 0) is 36.4 Å². The molecule has 2 aromatic rings. The number of hydrogen-bond acceptors (Lipinski definition) is 4. The van der Waals surface area contributed by atoms with E-state index in [1.54, 1.807) is 24.3 Å². The van der Waals surface area contributed by atoms with Gasteiger partial charge in [-0.15, -0.1) is 9.63 Å². The summed E-state index contributed by atoms with van der Waals surface area (Å²) < 4.78 is 4.51. The molecule has 0 saturated carbocycles. The van der Waals surface area contributed by atoms with Crippen LogP contribution >= 0.6 is 35.8 Å². The van der Waals surface area contributed by atoms with Crippen LogP contribution in [-0.4, -0.2) is 4.32 Å². The Bertz CT molecular complexity index is 570. The van der Waals surface area contributed by atoms with Gasteiger partial charge in [-0.1, -0.05) is 42.0 Å². The number of para-hydroxylation sites is 1. The van der Waals surface area contributed by atoms with Crippen molar-refractivity contribution in [1.82, 2.24) is 0 Å². The average molecular weight is 308 g/mol. The van der Waals surface area contributed by atoms with Gasteiger partial charge in [0.2, 0.25) is 0 Å². The van der Waals surface area contributed by atoms with Crippen LogP contribution in [0.15, 0.2) is 64.2 Å². The summed E-state index contributed by atoms with van der Waals surface area (Å²) in [6.07, 6.45) is 0. The molecule has 1 N–H and O–H groups in total. The lowest BCUT2D eigenvalue weighted by Crippen LogP contribution is -2.02. The zero-order chi connectivity index (χ0) is 13.5. The Hall–Kier alpha value is -1.43. The lowest BCUT2D eigenvalue weighted by atomic mass is 10.3. The summed E-state index contributed by atoms with van der Waals surface area (Å²) in [4.78, 5) is 0. The minimum Gasteiger partial charge on any atom is -0.340 e. The normalized spacial score (nSPS) is 10.6. The molecule has 0 aliphatic carbocycles. The molecule has 0 bridgehead atoms. The molecule has 6 heteroatoms. The first kappa shape index (κ1) is 14.0. The minimum atomic E-state index is 0.545. The third kappa shape index (κ3) is 4.98. The summed E-state index contributed by atoms with van der Waals surface area (Å²) in [6, 6.07) is 16.8. The van der Waals surface area contributed by atoms with Crippen molar-refractivity contribution in [2.24, 2.45) is 9.63 Å². The van der Waals surface area contributed by atoms with Crippen LogP contribution in [0.4, 0.5) is 11.4 Å². The van der Waals surface area contributed by atoms with Gasteiger partial charge in [0.25, 0.3) is 0 Å². The molecule has 2 rings (SSSR count). The number of rotatable bonds is 3. The molecule has 3 nitrogen and oxygen atoms in total. The van der Waals surface area contributed by atoms with Gasteiger partial charge >= 0.3 is 0 Å². The number of halogens is 1. The fourth-order valence-electron chi connectivity index (χ4n) is 1.27. The minimum absolute atomic E-state index is 0.545. The van der Waals surface area contributed by atoms with Crippen LogP contribution in [0.3, 0.4) is 0 Å². The second-order valence-electron chi connectivity index (χ2n) is 3.53. The maximum atomic E-state index is 5.78. The van der Waals surface area contributed by atoms with Crippen LogP contribution in [0.25, 0.3) is 0 Å². The highest BCUT2D eigenvalue weighted by Crippen LogP contribution is 2.19. The molecule has 0 heterocycles. The fraction of sp³-hybridized carbons (Fsp3) is 0. The standard InChI is InChI=1S/C13H10ClN3S2/c14-10-6-8-12(9-7-10)16-17-19-13(18)15-11-4-2-1-3-5-11/h1-9H,(H,15,18). The van der Waals surface area contributed by atoms with Crippen molar-refractivity contribution in [3.05, 3.63) is 59.6 Å². The van der Waals surface area contributed by atoms with Gasteiger partial charge in [0.1, 0.15) is 0 Å². The van der Waals surface area contributed by atoms with Gasteiger partial charge in [-0.25, -0.2) is 0 Å². The smallest absolute Gasteiger partial charge is 0.162 e. The second-order valence-corrected chi connectivity index (χ2v) is 5.39. The highest BCUT2D eigenvalue weighted by molar-refractivity contribution is 8.22. The molecular formula is C13H10ClN3S2. The van der Waals surface area contributed by atoms with Crippen molar-refractivity contribution in [2.75, 3.05) is 5.32 Å². The van der Waals surface area contributed by atoms with E-state index < -0.39 is 0 Å². The molecule has 0 aromatic heterocycles. The lowest BCUT2D eigenvalue weighted by Gasteiger charge is -2.02. The van der Waals surface area contributed by atoms with Gasteiger partial charge in [-0.3, -0.25) is 0 Å². The van der Waals surface area contributed by atoms with Crippen molar-refractivity contribution in [3.63, 3.8) is 0 Å².